The van der Waals surface area contributed by atoms with Gasteiger partial charge in [0.15, 0.2) is 0 Å². The molecule has 1 unspecified atom stereocenters. The summed E-state index contributed by atoms with van der Waals surface area (Å²) in [6.07, 6.45) is 0.733. The first-order valence-electron chi connectivity index (χ1n) is 9.60. The number of carbonyl (C=O) groups is 2. The number of carbonyl (C=O) groups excluding carboxylic acids is 2. The number of hydrogen-bond acceptors (Lipinski definition) is 5. The van der Waals surface area contributed by atoms with Crippen LogP contribution in [-0.4, -0.2) is 54.8 Å². The van der Waals surface area contributed by atoms with Crippen LogP contribution in [0.1, 0.15) is 32.8 Å². The maximum absolute atomic E-state index is 12.3. The predicted molar refractivity (Wildman–Crippen MR) is 111 cm³/mol. The summed E-state index contributed by atoms with van der Waals surface area (Å²) in [7, 11) is 0. The Hall–Kier alpha value is -2.12. The Bertz CT molecular complexity index is 827. The molecule has 7 heteroatoms. The summed E-state index contributed by atoms with van der Waals surface area (Å²) in [4.78, 5) is 25.8. The summed E-state index contributed by atoms with van der Waals surface area (Å²) in [6, 6.07) is 8.51. The molecule has 2 aromatic rings. The van der Waals surface area contributed by atoms with E-state index in [-0.39, 0.29) is 24.2 Å². The van der Waals surface area contributed by atoms with Crippen LogP contribution in [0.2, 0.25) is 0 Å². The highest BCUT2D eigenvalue weighted by Crippen LogP contribution is 2.22. The van der Waals surface area contributed by atoms with Crippen molar-refractivity contribution in [2.75, 3.05) is 26.3 Å². The number of rotatable bonds is 6. The largest absolute Gasteiger partial charge is 0.444 e. The van der Waals surface area contributed by atoms with Gasteiger partial charge < -0.3 is 19.7 Å². The summed E-state index contributed by atoms with van der Waals surface area (Å²) >= 11 is 1.73. The lowest BCUT2D eigenvalue weighted by Crippen LogP contribution is -2.43. The standard InChI is InChI=1S/C21H28N2O4S/c1-21(2,3)22-20(25)27-17-6-9-23(13-17)19(24)14-26-10-7-15-4-5-18-16(12-15)8-11-28-18/h4-5,8,11-12,17H,6-7,9-10,13-14H2,1-3H3,(H,22,25). The smallest absolute Gasteiger partial charge is 0.407 e. The number of likely N-dealkylation sites (tertiary alicyclic amines) is 1. The minimum atomic E-state index is -0.439. The number of benzene rings is 1. The average Bonchev–Trinajstić information content (AvgIpc) is 3.25. The van der Waals surface area contributed by atoms with Gasteiger partial charge >= 0.3 is 6.09 Å². The molecular formula is C21H28N2O4S. The van der Waals surface area contributed by atoms with Crippen LogP contribution in [0.25, 0.3) is 10.1 Å². The summed E-state index contributed by atoms with van der Waals surface area (Å²) in [5.74, 6) is -0.0596. The lowest BCUT2D eigenvalue weighted by atomic mass is 10.1. The van der Waals surface area contributed by atoms with Crippen molar-refractivity contribution in [2.24, 2.45) is 0 Å². The van der Waals surface area contributed by atoms with E-state index in [0.717, 1.165) is 6.42 Å². The monoisotopic (exact) mass is 404 g/mol. The van der Waals surface area contributed by atoms with Crippen molar-refractivity contribution in [3.63, 3.8) is 0 Å². The number of nitrogens with one attached hydrogen (secondary N) is 1. The number of nitrogens with zero attached hydrogens (tertiary/aromatic N) is 1. The molecule has 1 atom stereocenters. The van der Waals surface area contributed by atoms with Gasteiger partial charge in [-0.1, -0.05) is 12.1 Å². The van der Waals surface area contributed by atoms with Crippen molar-refractivity contribution in [3.8, 4) is 0 Å². The van der Waals surface area contributed by atoms with Gasteiger partial charge in [0.2, 0.25) is 5.91 Å². The molecule has 2 amide bonds. The fourth-order valence-electron chi connectivity index (χ4n) is 3.15. The first kappa shape index (κ1) is 20.6. The number of amides is 2. The number of ether oxygens (including phenoxy) is 2. The van der Waals surface area contributed by atoms with Gasteiger partial charge in [-0.3, -0.25) is 4.79 Å². The highest BCUT2D eigenvalue weighted by atomic mass is 32.1. The average molecular weight is 405 g/mol. The van der Waals surface area contributed by atoms with E-state index in [0.29, 0.717) is 26.1 Å². The normalized spacial score (nSPS) is 17.1. The molecule has 1 fully saturated rings. The molecule has 1 N–H and O–H groups in total. The molecule has 0 radical (unpaired) electrons. The van der Waals surface area contributed by atoms with E-state index >= 15 is 0 Å². The topological polar surface area (TPSA) is 67.9 Å². The highest BCUT2D eigenvalue weighted by Gasteiger charge is 2.29. The van der Waals surface area contributed by atoms with E-state index in [1.807, 2.05) is 20.8 Å². The van der Waals surface area contributed by atoms with Crippen molar-refractivity contribution in [3.05, 3.63) is 35.2 Å². The Balaban J connectivity index is 1.35. The molecule has 6 nitrogen and oxygen atoms in total. The minimum Gasteiger partial charge on any atom is -0.444 e. The van der Waals surface area contributed by atoms with E-state index in [9.17, 15) is 9.59 Å². The predicted octanol–water partition coefficient (Wildman–Crippen LogP) is 3.59. The third-order valence-electron chi connectivity index (χ3n) is 4.53. The van der Waals surface area contributed by atoms with Crippen LogP contribution in [0.15, 0.2) is 29.6 Å². The highest BCUT2D eigenvalue weighted by molar-refractivity contribution is 7.17. The van der Waals surface area contributed by atoms with Crippen molar-refractivity contribution in [1.82, 2.24) is 10.2 Å². The van der Waals surface area contributed by atoms with Crippen LogP contribution in [0.5, 0.6) is 0 Å². The Labute approximate surface area is 169 Å². The van der Waals surface area contributed by atoms with E-state index in [4.69, 9.17) is 9.47 Å². The van der Waals surface area contributed by atoms with Crippen molar-refractivity contribution in [2.45, 2.75) is 45.3 Å². The van der Waals surface area contributed by atoms with Gasteiger partial charge in [0.1, 0.15) is 12.7 Å². The molecule has 1 saturated heterocycles. The molecule has 1 aliphatic heterocycles. The summed E-state index contributed by atoms with van der Waals surface area (Å²) in [6.45, 7) is 7.27. The van der Waals surface area contributed by atoms with Crippen LogP contribution in [0.4, 0.5) is 4.79 Å². The minimum absolute atomic E-state index is 0.0571. The van der Waals surface area contributed by atoms with Gasteiger partial charge in [0.05, 0.1) is 13.2 Å². The fourth-order valence-corrected chi connectivity index (χ4v) is 3.92. The third-order valence-corrected chi connectivity index (χ3v) is 5.42. The maximum atomic E-state index is 12.3. The van der Waals surface area contributed by atoms with Crippen LogP contribution in [-0.2, 0) is 20.7 Å². The molecule has 0 saturated carbocycles. The quantitative estimate of drug-likeness (QED) is 0.747. The summed E-state index contributed by atoms with van der Waals surface area (Å²) < 4.78 is 12.3. The Morgan fingerprint density at radius 2 is 2.11 bits per heavy atom. The molecule has 0 aliphatic carbocycles. The van der Waals surface area contributed by atoms with Crippen molar-refractivity contribution in [1.29, 1.82) is 0 Å². The SMILES string of the molecule is CC(C)(C)NC(=O)OC1CCN(C(=O)COCCc2ccc3sccc3c2)C1. The molecule has 1 aliphatic rings. The van der Waals surface area contributed by atoms with E-state index < -0.39 is 6.09 Å². The molecule has 2 heterocycles. The first-order chi connectivity index (χ1) is 13.3. The Morgan fingerprint density at radius 3 is 2.89 bits per heavy atom. The zero-order valence-electron chi connectivity index (χ0n) is 16.7. The van der Waals surface area contributed by atoms with Gasteiger partial charge in [0, 0.05) is 23.2 Å². The van der Waals surface area contributed by atoms with Crippen LogP contribution < -0.4 is 5.32 Å². The second-order valence-corrected chi connectivity index (χ2v) is 9.07. The Morgan fingerprint density at radius 1 is 1.29 bits per heavy atom. The van der Waals surface area contributed by atoms with Gasteiger partial charge in [-0.15, -0.1) is 11.3 Å². The molecule has 0 bridgehead atoms. The lowest BCUT2D eigenvalue weighted by Gasteiger charge is -2.22. The zero-order chi connectivity index (χ0) is 20.1. The van der Waals surface area contributed by atoms with Gasteiger partial charge in [-0.2, -0.15) is 0 Å². The lowest BCUT2D eigenvalue weighted by molar-refractivity contribution is -0.135. The Kier molecular flexibility index (Phi) is 6.57. The molecule has 1 aromatic carbocycles. The van der Waals surface area contributed by atoms with Crippen LogP contribution in [0, 0.1) is 0 Å². The summed E-state index contributed by atoms with van der Waals surface area (Å²) in [5.41, 5.74) is 0.866. The molecule has 0 spiro atoms. The van der Waals surface area contributed by atoms with Crippen molar-refractivity contribution < 1.29 is 19.1 Å². The number of thiophene rings is 1. The van der Waals surface area contributed by atoms with Gasteiger partial charge in [-0.25, -0.2) is 4.79 Å². The van der Waals surface area contributed by atoms with E-state index in [1.54, 1.807) is 16.2 Å². The number of fused-ring (bicyclic) bond motifs is 1. The third kappa shape index (κ3) is 5.94. The number of hydrogen-bond donors (Lipinski definition) is 1. The summed E-state index contributed by atoms with van der Waals surface area (Å²) in [5, 5.41) is 6.10. The van der Waals surface area contributed by atoms with Gasteiger partial charge in [0.25, 0.3) is 0 Å². The van der Waals surface area contributed by atoms with Crippen LogP contribution in [0.3, 0.4) is 0 Å². The second-order valence-electron chi connectivity index (χ2n) is 8.13. The zero-order valence-corrected chi connectivity index (χ0v) is 17.5. The maximum Gasteiger partial charge on any atom is 0.407 e. The van der Waals surface area contributed by atoms with Crippen molar-refractivity contribution >= 4 is 33.4 Å². The fraction of sp³-hybridized carbons (Fsp3) is 0.524. The molecule has 3 rings (SSSR count). The first-order valence-corrected chi connectivity index (χ1v) is 10.5. The number of alkyl carbamates (subject to hydrolysis) is 1. The van der Waals surface area contributed by atoms with E-state index in [2.05, 4.69) is 35.0 Å². The second kappa shape index (κ2) is 8.92. The van der Waals surface area contributed by atoms with Crippen LogP contribution >= 0.6 is 11.3 Å². The molecular weight excluding hydrogens is 376 g/mol. The molecule has 28 heavy (non-hydrogen) atoms. The van der Waals surface area contributed by atoms with E-state index in [1.165, 1.54) is 15.6 Å². The molecule has 1 aromatic heterocycles. The van der Waals surface area contributed by atoms with Gasteiger partial charge in [-0.05, 0) is 55.7 Å². The molecule has 152 valence electrons.